The third kappa shape index (κ3) is 2.02. The van der Waals surface area contributed by atoms with Gasteiger partial charge in [0.05, 0.1) is 21.6 Å². The zero-order valence-electron chi connectivity index (χ0n) is 13.8. The lowest BCUT2D eigenvalue weighted by Crippen LogP contribution is -2.20. The molecule has 7 heteroatoms. The molecule has 27 heavy (non-hydrogen) atoms. The maximum atomic E-state index is 12.6. The Hall–Kier alpha value is -4.00. The smallest absolute Gasteiger partial charge is 0.277 e. The Bertz CT molecular complexity index is 1320. The van der Waals surface area contributed by atoms with Crippen LogP contribution in [0, 0.1) is 10.1 Å². The van der Waals surface area contributed by atoms with Gasteiger partial charge in [0.1, 0.15) is 0 Å². The van der Waals surface area contributed by atoms with Crippen molar-refractivity contribution in [3.8, 4) is 11.1 Å². The van der Waals surface area contributed by atoms with Crippen LogP contribution < -0.4 is 5.32 Å². The SMILES string of the molecule is O=C1NC(=O)c2c1c(-c1ccccc1[N+](=O)[O-])cc1[nH]c3ccccc3c21. The van der Waals surface area contributed by atoms with Crippen molar-refractivity contribution in [1.29, 1.82) is 0 Å². The zero-order valence-corrected chi connectivity index (χ0v) is 13.8. The molecule has 1 aliphatic rings. The molecule has 1 aromatic heterocycles. The van der Waals surface area contributed by atoms with Crippen molar-refractivity contribution >= 4 is 39.3 Å². The van der Waals surface area contributed by atoms with Gasteiger partial charge in [0.15, 0.2) is 0 Å². The second-order valence-corrected chi connectivity index (χ2v) is 6.32. The molecular formula is C20H11N3O4. The first kappa shape index (κ1) is 15.3. The third-order valence-electron chi connectivity index (χ3n) is 4.87. The fourth-order valence-electron chi connectivity index (χ4n) is 3.78. The lowest BCUT2D eigenvalue weighted by Gasteiger charge is -2.08. The molecule has 0 unspecified atom stereocenters. The highest BCUT2D eigenvalue weighted by Crippen LogP contribution is 2.41. The minimum absolute atomic E-state index is 0.123. The van der Waals surface area contributed by atoms with Gasteiger partial charge in [-0.2, -0.15) is 0 Å². The summed E-state index contributed by atoms with van der Waals surface area (Å²) >= 11 is 0. The number of nitrogens with zero attached hydrogens (tertiary/aromatic N) is 1. The number of nitro benzene ring substituents is 1. The standard InChI is InChI=1S/C20H11N3O4/c24-19-17-12(10-5-2-4-8-15(10)23(26)27)9-14-16(18(17)20(25)22-19)11-6-1-3-7-13(11)21-14/h1-9,21H,(H,22,24,25). The Labute approximate surface area is 151 Å². The summed E-state index contributed by atoms with van der Waals surface area (Å²) in [5, 5.41) is 15.3. The number of imide groups is 1. The van der Waals surface area contributed by atoms with E-state index >= 15 is 0 Å². The van der Waals surface area contributed by atoms with Crippen LogP contribution in [0.2, 0.25) is 0 Å². The Balaban J connectivity index is 1.98. The average molecular weight is 357 g/mol. The summed E-state index contributed by atoms with van der Waals surface area (Å²) in [6, 6.07) is 15.4. The molecule has 0 bridgehead atoms. The number of amides is 2. The van der Waals surface area contributed by atoms with Crippen molar-refractivity contribution in [3.63, 3.8) is 0 Å². The maximum absolute atomic E-state index is 12.6. The molecular weight excluding hydrogens is 346 g/mol. The molecule has 0 atom stereocenters. The van der Waals surface area contributed by atoms with E-state index in [0.29, 0.717) is 22.0 Å². The number of carbonyl (C=O) groups excluding carboxylic acids is 2. The number of aromatic nitrogens is 1. The molecule has 1 aliphatic heterocycles. The van der Waals surface area contributed by atoms with Crippen molar-refractivity contribution < 1.29 is 14.5 Å². The first-order chi connectivity index (χ1) is 13.1. The number of hydrogen-bond acceptors (Lipinski definition) is 4. The van der Waals surface area contributed by atoms with Gasteiger partial charge in [-0.15, -0.1) is 0 Å². The van der Waals surface area contributed by atoms with E-state index in [1.165, 1.54) is 6.07 Å². The van der Waals surface area contributed by atoms with Crippen LogP contribution in [0.15, 0.2) is 54.6 Å². The summed E-state index contributed by atoms with van der Waals surface area (Å²) < 4.78 is 0. The summed E-state index contributed by atoms with van der Waals surface area (Å²) in [7, 11) is 0. The normalized spacial score (nSPS) is 13.2. The maximum Gasteiger partial charge on any atom is 0.277 e. The Morgan fingerprint density at radius 3 is 2.33 bits per heavy atom. The van der Waals surface area contributed by atoms with Gasteiger partial charge in [-0.05, 0) is 18.2 Å². The Morgan fingerprint density at radius 2 is 1.52 bits per heavy atom. The summed E-state index contributed by atoms with van der Waals surface area (Å²) in [6.07, 6.45) is 0. The van der Waals surface area contributed by atoms with Crippen molar-refractivity contribution in [2.45, 2.75) is 0 Å². The highest BCUT2D eigenvalue weighted by Gasteiger charge is 2.35. The number of nitro groups is 1. The third-order valence-corrected chi connectivity index (χ3v) is 4.87. The van der Waals surface area contributed by atoms with Crippen LogP contribution in [0.4, 0.5) is 5.69 Å². The number of nitrogens with one attached hydrogen (secondary N) is 2. The van der Waals surface area contributed by atoms with E-state index in [9.17, 15) is 19.7 Å². The van der Waals surface area contributed by atoms with Crippen molar-refractivity contribution in [2.24, 2.45) is 0 Å². The van der Waals surface area contributed by atoms with Gasteiger partial charge in [-0.25, -0.2) is 0 Å². The van der Waals surface area contributed by atoms with Gasteiger partial charge in [0, 0.05) is 33.4 Å². The molecule has 130 valence electrons. The summed E-state index contributed by atoms with van der Waals surface area (Å²) in [6.45, 7) is 0. The summed E-state index contributed by atoms with van der Waals surface area (Å²) in [5.74, 6) is -1.04. The molecule has 5 rings (SSSR count). The van der Waals surface area contributed by atoms with Crippen molar-refractivity contribution in [2.75, 3.05) is 0 Å². The number of H-pyrrole nitrogens is 1. The zero-order chi connectivity index (χ0) is 18.7. The molecule has 2 heterocycles. The van der Waals surface area contributed by atoms with E-state index in [1.807, 2.05) is 24.3 Å². The van der Waals surface area contributed by atoms with E-state index in [1.54, 1.807) is 24.3 Å². The number of para-hydroxylation sites is 2. The second-order valence-electron chi connectivity index (χ2n) is 6.32. The Kier molecular flexibility index (Phi) is 2.97. The fourth-order valence-corrected chi connectivity index (χ4v) is 3.78. The predicted molar refractivity (Wildman–Crippen MR) is 99.7 cm³/mol. The number of carbonyl (C=O) groups is 2. The van der Waals surface area contributed by atoms with E-state index in [-0.39, 0.29) is 16.8 Å². The predicted octanol–water partition coefficient (Wildman–Crippen LogP) is 3.78. The lowest BCUT2D eigenvalue weighted by atomic mass is 9.92. The topological polar surface area (TPSA) is 105 Å². The molecule has 0 radical (unpaired) electrons. The Morgan fingerprint density at radius 1 is 0.815 bits per heavy atom. The van der Waals surface area contributed by atoms with E-state index in [0.717, 1.165) is 10.9 Å². The minimum atomic E-state index is -0.546. The van der Waals surface area contributed by atoms with Crippen LogP contribution in [0.1, 0.15) is 20.7 Å². The lowest BCUT2D eigenvalue weighted by molar-refractivity contribution is -0.384. The van der Waals surface area contributed by atoms with Crippen LogP contribution in [0.3, 0.4) is 0 Å². The van der Waals surface area contributed by atoms with Gasteiger partial charge in [-0.3, -0.25) is 25.0 Å². The average Bonchev–Trinajstić information content (AvgIpc) is 3.18. The molecule has 0 saturated heterocycles. The van der Waals surface area contributed by atoms with Crippen LogP contribution >= 0.6 is 0 Å². The highest BCUT2D eigenvalue weighted by molar-refractivity contribution is 6.32. The van der Waals surface area contributed by atoms with Crippen LogP contribution in [0.25, 0.3) is 32.9 Å². The van der Waals surface area contributed by atoms with Gasteiger partial charge in [0.25, 0.3) is 17.5 Å². The first-order valence-corrected chi connectivity index (χ1v) is 8.23. The summed E-state index contributed by atoms with van der Waals surface area (Å²) in [5.41, 5.74) is 2.43. The number of hydrogen-bond donors (Lipinski definition) is 2. The van der Waals surface area contributed by atoms with Crippen molar-refractivity contribution in [3.05, 3.63) is 75.8 Å². The van der Waals surface area contributed by atoms with Gasteiger partial charge in [0.2, 0.25) is 0 Å². The number of fused-ring (bicyclic) bond motifs is 5. The number of aromatic amines is 1. The van der Waals surface area contributed by atoms with E-state index in [4.69, 9.17) is 0 Å². The molecule has 4 aromatic rings. The second kappa shape index (κ2) is 5.25. The van der Waals surface area contributed by atoms with Crippen LogP contribution in [0.5, 0.6) is 0 Å². The number of rotatable bonds is 2. The number of benzene rings is 3. The minimum Gasteiger partial charge on any atom is -0.354 e. The molecule has 2 N–H and O–H groups in total. The largest absolute Gasteiger partial charge is 0.354 e. The molecule has 0 saturated carbocycles. The van der Waals surface area contributed by atoms with Gasteiger partial charge >= 0.3 is 0 Å². The van der Waals surface area contributed by atoms with E-state index in [2.05, 4.69) is 10.3 Å². The fraction of sp³-hybridized carbons (Fsp3) is 0. The first-order valence-electron chi connectivity index (χ1n) is 8.23. The van der Waals surface area contributed by atoms with Crippen molar-refractivity contribution in [1.82, 2.24) is 10.3 Å². The molecule has 3 aromatic carbocycles. The molecule has 0 spiro atoms. The van der Waals surface area contributed by atoms with Gasteiger partial charge < -0.3 is 4.98 Å². The van der Waals surface area contributed by atoms with Gasteiger partial charge in [-0.1, -0.05) is 30.3 Å². The highest BCUT2D eigenvalue weighted by atomic mass is 16.6. The van der Waals surface area contributed by atoms with Crippen LogP contribution in [-0.2, 0) is 0 Å². The van der Waals surface area contributed by atoms with Crippen LogP contribution in [-0.4, -0.2) is 21.7 Å². The quantitative estimate of drug-likeness (QED) is 0.323. The molecule has 0 aliphatic carbocycles. The molecule has 2 amide bonds. The molecule has 7 nitrogen and oxygen atoms in total. The molecule has 0 fully saturated rings. The van der Waals surface area contributed by atoms with E-state index < -0.39 is 16.7 Å². The monoisotopic (exact) mass is 357 g/mol. The summed E-state index contributed by atoms with van der Waals surface area (Å²) in [4.78, 5) is 39.3.